The molecule has 0 radical (unpaired) electrons. The molecule has 0 atom stereocenters. The lowest BCUT2D eigenvalue weighted by molar-refractivity contribution is 0.0690. The van der Waals surface area contributed by atoms with Crippen LogP contribution in [-0.4, -0.2) is 36.7 Å². The van der Waals surface area contributed by atoms with Gasteiger partial charge in [-0.25, -0.2) is 4.79 Å². The van der Waals surface area contributed by atoms with E-state index >= 15 is 0 Å². The van der Waals surface area contributed by atoms with Gasteiger partial charge in [0.15, 0.2) is 0 Å². The van der Waals surface area contributed by atoms with E-state index < -0.39 is 5.97 Å². The largest absolute Gasteiger partial charge is 0.488 e. The van der Waals surface area contributed by atoms with Crippen LogP contribution in [0.5, 0.6) is 5.75 Å². The van der Waals surface area contributed by atoms with E-state index in [0.717, 1.165) is 27.9 Å². The molecule has 0 spiro atoms. The highest BCUT2D eigenvalue weighted by molar-refractivity contribution is 5.92. The molecule has 0 fully saturated rings. The Labute approximate surface area is 178 Å². The number of aryl methyl sites for hydroxylation is 2. The first kappa shape index (κ1) is 20.2. The number of carboxylic acids is 1. The molecule has 2 N–H and O–H groups in total. The van der Waals surface area contributed by atoms with Crippen LogP contribution in [-0.2, 0) is 13.0 Å². The third-order valence-corrected chi connectivity index (χ3v) is 4.94. The minimum Gasteiger partial charge on any atom is -0.488 e. The van der Waals surface area contributed by atoms with Gasteiger partial charge in [-0.2, -0.15) is 5.21 Å². The first-order valence-electron chi connectivity index (χ1n) is 9.85. The molecule has 0 unspecified atom stereocenters. The topological polar surface area (TPSA) is 114 Å². The molecular formula is C23H21N5O3. The van der Waals surface area contributed by atoms with Crippen LogP contribution in [0.4, 0.5) is 0 Å². The number of carbonyl (C=O) groups is 1. The van der Waals surface area contributed by atoms with E-state index in [0.29, 0.717) is 23.7 Å². The van der Waals surface area contributed by atoms with Gasteiger partial charge >= 0.3 is 5.97 Å². The van der Waals surface area contributed by atoms with Gasteiger partial charge < -0.3 is 9.84 Å². The van der Waals surface area contributed by atoms with Crippen molar-refractivity contribution in [2.75, 3.05) is 0 Å². The lowest BCUT2D eigenvalue weighted by Gasteiger charge is -2.14. The number of pyridine rings is 1. The number of carboxylic acid groups (broad SMARTS) is 1. The smallest absolute Gasteiger partial charge is 0.341 e. The third kappa shape index (κ3) is 4.28. The van der Waals surface area contributed by atoms with E-state index in [1.165, 1.54) is 0 Å². The van der Waals surface area contributed by atoms with Crippen molar-refractivity contribution in [3.63, 3.8) is 0 Å². The second kappa shape index (κ2) is 8.74. The number of hydrogen-bond donors (Lipinski definition) is 2. The summed E-state index contributed by atoms with van der Waals surface area (Å²) in [6.45, 7) is 3.83. The lowest BCUT2D eigenvalue weighted by atomic mass is 9.97. The van der Waals surface area contributed by atoms with E-state index in [1.807, 2.05) is 55.5 Å². The molecule has 0 aliphatic heterocycles. The quantitative estimate of drug-likeness (QED) is 0.467. The van der Waals surface area contributed by atoms with E-state index in [2.05, 4.69) is 25.6 Å². The maximum absolute atomic E-state index is 11.7. The number of ether oxygens (including phenoxy) is 1. The molecular weight excluding hydrogens is 394 g/mol. The number of H-pyrrole nitrogens is 1. The van der Waals surface area contributed by atoms with Crippen LogP contribution in [0.3, 0.4) is 0 Å². The van der Waals surface area contributed by atoms with Crippen molar-refractivity contribution in [3.05, 3.63) is 77.1 Å². The normalized spacial score (nSPS) is 10.8. The van der Waals surface area contributed by atoms with Gasteiger partial charge in [0, 0.05) is 17.3 Å². The molecule has 0 aliphatic carbocycles. The maximum Gasteiger partial charge on any atom is 0.341 e. The summed E-state index contributed by atoms with van der Waals surface area (Å²) in [5, 5.41) is 24.0. The fourth-order valence-corrected chi connectivity index (χ4v) is 3.43. The SMILES string of the molecule is CCc1cc(OCc2ccc(-c3ccccc3)c(-c3nn[nH]n3)c2)c(C(=O)O)c(C)n1. The number of aromatic nitrogens is 5. The summed E-state index contributed by atoms with van der Waals surface area (Å²) in [5.74, 6) is -0.278. The van der Waals surface area contributed by atoms with Gasteiger partial charge in [-0.1, -0.05) is 49.4 Å². The summed E-state index contributed by atoms with van der Waals surface area (Å²) < 4.78 is 5.94. The second-order valence-corrected chi connectivity index (χ2v) is 7.00. The van der Waals surface area contributed by atoms with Crippen LogP contribution in [0.25, 0.3) is 22.5 Å². The Balaban J connectivity index is 1.69. The number of aromatic carboxylic acids is 1. The van der Waals surface area contributed by atoms with Crippen LogP contribution in [0, 0.1) is 6.92 Å². The van der Waals surface area contributed by atoms with E-state index in [9.17, 15) is 9.90 Å². The molecule has 4 rings (SSSR count). The zero-order valence-electron chi connectivity index (χ0n) is 17.2. The fraction of sp³-hybridized carbons (Fsp3) is 0.174. The lowest BCUT2D eigenvalue weighted by Crippen LogP contribution is -2.09. The minimum absolute atomic E-state index is 0.0801. The van der Waals surface area contributed by atoms with Gasteiger partial charge in [0.1, 0.15) is 17.9 Å². The number of nitrogens with zero attached hydrogens (tertiary/aromatic N) is 4. The summed E-state index contributed by atoms with van der Waals surface area (Å²) in [4.78, 5) is 16.1. The van der Waals surface area contributed by atoms with Gasteiger partial charge in [-0.05, 0) is 41.3 Å². The van der Waals surface area contributed by atoms with Crippen molar-refractivity contribution < 1.29 is 14.6 Å². The highest BCUT2D eigenvalue weighted by Crippen LogP contribution is 2.31. The van der Waals surface area contributed by atoms with Gasteiger partial charge in [-0.3, -0.25) is 4.98 Å². The zero-order valence-corrected chi connectivity index (χ0v) is 17.2. The summed E-state index contributed by atoms with van der Waals surface area (Å²) >= 11 is 0. The predicted molar refractivity (Wildman–Crippen MR) is 115 cm³/mol. The molecule has 31 heavy (non-hydrogen) atoms. The third-order valence-electron chi connectivity index (χ3n) is 4.94. The van der Waals surface area contributed by atoms with Crippen molar-refractivity contribution in [1.29, 1.82) is 0 Å². The Morgan fingerprint density at radius 3 is 2.58 bits per heavy atom. The maximum atomic E-state index is 11.7. The molecule has 156 valence electrons. The van der Waals surface area contributed by atoms with Gasteiger partial charge in [-0.15, -0.1) is 10.2 Å². The van der Waals surface area contributed by atoms with Gasteiger partial charge in [0.25, 0.3) is 0 Å². The first-order valence-corrected chi connectivity index (χ1v) is 9.85. The Morgan fingerprint density at radius 2 is 1.90 bits per heavy atom. The molecule has 0 bridgehead atoms. The van der Waals surface area contributed by atoms with E-state index in [1.54, 1.807) is 13.0 Å². The highest BCUT2D eigenvalue weighted by atomic mass is 16.5. The van der Waals surface area contributed by atoms with Crippen LogP contribution in [0.1, 0.15) is 34.2 Å². The molecule has 4 aromatic rings. The summed E-state index contributed by atoms with van der Waals surface area (Å²) in [6, 6.07) is 17.5. The molecule has 0 saturated carbocycles. The molecule has 0 amide bonds. The first-order chi connectivity index (χ1) is 15.1. The standard InChI is InChI=1S/C23H21N5O3/c1-3-17-12-20(21(23(29)30)14(2)24-17)31-13-15-9-10-18(16-7-5-4-6-8-16)19(11-15)22-25-27-28-26-22/h4-12H,3,13H2,1-2H3,(H,29,30)(H,25,26,27,28). The van der Waals surface area contributed by atoms with Crippen molar-refractivity contribution in [2.45, 2.75) is 26.9 Å². The molecule has 8 heteroatoms. The Hall–Kier alpha value is -4.07. The Kier molecular flexibility index (Phi) is 5.70. The number of tetrazole rings is 1. The summed E-state index contributed by atoms with van der Waals surface area (Å²) in [5.41, 5.74) is 4.95. The highest BCUT2D eigenvalue weighted by Gasteiger charge is 2.18. The Bertz CT molecular complexity index is 1210. The van der Waals surface area contributed by atoms with Crippen molar-refractivity contribution in [1.82, 2.24) is 25.6 Å². The van der Waals surface area contributed by atoms with Gasteiger partial charge in [0.2, 0.25) is 5.82 Å². The average Bonchev–Trinajstić information content (AvgIpc) is 3.32. The molecule has 2 aromatic heterocycles. The van der Waals surface area contributed by atoms with Crippen molar-refractivity contribution in [3.8, 4) is 28.3 Å². The molecule has 2 heterocycles. The monoisotopic (exact) mass is 415 g/mol. The molecule has 2 aromatic carbocycles. The number of nitrogens with one attached hydrogen (secondary N) is 1. The second-order valence-electron chi connectivity index (χ2n) is 7.00. The van der Waals surface area contributed by atoms with E-state index in [4.69, 9.17) is 4.74 Å². The van der Waals surface area contributed by atoms with Crippen LogP contribution in [0.2, 0.25) is 0 Å². The van der Waals surface area contributed by atoms with Crippen LogP contribution in [0.15, 0.2) is 54.6 Å². The zero-order chi connectivity index (χ0) is 21.8. The fourth-order valence-electron chi connectivity index (χ4n) is 3.43. The molecule has 8 nitrogen and oxygen atoms in total. The van der Waals surface area contributed by atoms with Crippen LogP contribution >= 0.6 is 0 Å². The Morgan fingerprint density at radius 1 is 1.10 bits per heavy atom. The van der Waals surface area contributed by atoms with Crippen molar-refractivity contribution in [2.24, 2.45) is 0 Å². The van der Waals surface area contributed by atoms with Gasteiger partial charge in [0.05, 0.1) is 5.69 Å². The summed E-state index contributed by atoms with van der Waals surface area (Å²) in [7, 11) is 0. The van der Waals surface area contributed by atoms with Crippen molar-refractivity contribution >= 4 is 5.97 Å². The summed E-state index contributed by atoms with van der Waals surface area (Å²) in [6.07, 6.45) is 0.685. The van der Waals surface area contributed by atoms with E-state index in [-0.39, 0.29) is 12.2 Å². The minimum atomic E-state index is -1.06. The number of benzene rings is 2. The number of aromatic amines is 1. The predicted octanol–water partition coefficient (Wildman–Crippen LogP) is 4.08. The van der Waals surface area contributed by atoms with Crippen LogP contribution < -0.4 is 4.74 Å². The number of rotatable bonds is 7. The molecule has 0 aliphatic rings. The molecule has 0 saturated heterocycles. The number of hydrogen-bond acceptors (Lipinski definition) is 6. The average molecular weight is 415 g/mol.